The number of nitro groups is 1. The first-order valence-electron chi connectivity index (χ1n) is 7.15. The van der Waals surface area contributed by atoms with E-state index in [1.54, 1.807) is 24.3 Å². The molecule has 0 heterocycles. The van der Waals surface area contributed by atoms with Crippen molar-refractivity contribution in [3.8, 4) is 0 Å². The molecule has 0 aliphatic heterocycles. The van der Waals surface area contributed by atoms with Crippen LogP contribution in [0.1, 0.15) is 18.3 Å². The molecule has 1 amide bonds. The second-order valence-corrected chi connectivity index (χ2v) is 8.03. The van der Waals surface area contributed by atoms with Crippen LogP contribution in [0.5, 0.6) is 0 Å². The largest absolute Gasteiger partial charge is 0.376 e. The summed E-state index contributed by atoms with van der Waals surface area (Å²) in [5.41, 5.74) is -0.0534. The molecule has 0 aromatic heterocycles. The van der Waals surface area contributed by atoms with Crippen LogP contribution < -0.4 is 5.32 Å². The van der Waals surface area contributed by atoms with Crippen molar-refractivity contribution in [2.24, 2.45) is 0 Å². The summed E-state index contributed by atoms with van der Waals surface area (Å²) in [6, 6.07) is 10.0. The Bertz CT molecular complexity index is 882. The van der Waals surface area contributed by atoms with Crippen molar-refractivity contribution in [1.29, 1.82) is 0 Å². The van der Waals surface area contributed by atoms with Crippen molar-refractivity contribution in [2.45, 2.75) is 22.6 Å². The number of non-ortho nitro benzene ring substituents is 1. The number of nitrogens with zero attached hydrogens (tertiary/aromatic N) is 1. The summed E-state index contributed by atoms with van der Waals surface area (Å²) in [5, 5.41) is 23.4. The summed E-state index contributed by atoms with van der Waals surface area (Å²) in [6.45, 7) is 1.37. The molecule has 9 nitrogen and oxygen atoms in total. The van der Waals surface area contributed by atoms with Gasteiger partial charge in [-0.2, -0.15) is 0 Å². The summed E-state index contributed by atoms with van der Waals surface area (Å²) < 4.78 is 11.4. The van der Waals surface area contributed by atoms with Gasteiger partial charge in [0.1, 0.15) is 0 Å². The van der Waals surface area contributed by atoms with Crippen LogP contribution in [0, 0.1) is 10.1 Å². The molecular weight excluding hydrogens is 383 g/mol. The van der Waals surface area contributed by atoms with Crippen LogP contribution in [0.3, 0.4) is 0 Å². The van der Waals surface area contributed by atoms with E-state index in [-0.39, 0.29) is 16.4 Å². The molecule has 0 fully saturated rings. The molecule has 0 aliphatic carbocycles. The van der Waals surface area contributed by atoms with Gasteiger partial charge in [-0.3, -0.25) is 19.5 Å². The fourth-order valence-corrected chi connectivity index (χ4v) is 3.68. The summed E-state index contributed by atoms with van der Waals surface area (Å²) in [7, 11) is -4.91. The molecule has 0 saturated heterocycles. The van der Waals surface area contributed by atoms with E-state index in [2.05, 4.69) is 5.32 Å². The molecule has 0 radical (unpaired) electrons. The molecule has 26 heavy (non-hydrogen) atoms. The highest BCUT2D eigenvalue weighted by Crippen LogP contribution is 2.52. The Hall–Kier alpha value is -2.23. The lowest BCUT2D eigenvalue weighted by Gasteiger charge is -2.16. The average molecular weight is 398 g/mol. The van der Waals surface area contributed by atoms with Crippen LogP contribution in [0.2, 0.25) is 0 Å². The summed E-state index contributed by atoms with van der Waals surface area (Å²) in [4.78, 5) is 40.6. The number of aliphatic hydroxyl groups excluding tert-OH is 1. The van der Waals surface area contributed by atoms with Crippen LogP contribution in [-0.4, -0.2) is 25.7 Å². The van der Waals surface area contributed by atoms with E-state index in [0.29, 0.717) is 10.6 Å². The number of carbonyl (C=O) groups excluding carboxylic acids is 1. The Balaban J connectivity index is 2.37. The topological polar surface area (TPSA) is 150 Å². The lowest BCUT2D eigenvalue weighted by atomic mass is 10.2. The van der Waals surface area contributed by atoms with E-state index in [1.807, 2.05) is 0 Å². The van der Waals surface area contributed by atoms with Crippen LogP contribution in [0.25, 0.3) is 0 Å². The minimum atomic E-state index is -4.91. The minimum Gasteiger partial charge on any atom is -0.376 e. The third-order valence-corrected chi connectivity index (χ3v) is 5.22. The van der Waals surface area contributed by atoms with E-state index in [9.17, 15) is 34.4 Å². The zero-order valence-corrected chi connectivity index (χ0v) is 15.1. The van der Waals surface area contributed by atoms with Crippen LogP contribution in [0.4, 0.5) is 11.4 Å². The predicted molar refractivity (Wildman–Crippen MR) is 95.0 cm³/mol. The molecule has 0 bridgehead atoms. The molecule has 0 saturated carbocycles. The second-order valence-electron chi connectivity index (χ2n) is 5.25. The van der Waals surface area contributed by atoms with Gasteiger partial charge in [-0.1, -0.05) is 11.8 Å². The maximum atomic E-state index is 11.4. The molecule has 4 N–H and O–H groups in total. The van der Waals surface area contributed by atoms with Crippen molar-refractivity contribution in [3.05, 3.63) is 58.1 Å². The highest BCUT2D eigenvalue weighted by Gasteiger charge is 2.31. The van der Waals surface area contributed by atoms with Crippen molar-refractivity contribution < 1.29 is 29.2 Å². The number of anilines is 1. The molecule has 2 aromatic carbocycles. The maximum Gasteiger partial charge on any atom is 0.358 e. The highest BCUT2D eigenvalue weighted by atomic mass is 32.2. The SMILES string of the molecule is CC(=O)Nc1ccc(Sc2ccc([N+](=O)[O-])cc2C(O)P(=O)(O)O)cc1. The Morgan fingerprint density at radius 2 is 1.85 bits per heavy atom. The molecular formula is C15H15N2O7PS. The maximum absolute atomic E-state index is 11.4. The van der Waals surface area contributed by atoms with Crippen molar-refractivity contribution in [1.82, 2.24) is 0 Å². The van der Waals surface area contributed by atoms with Gasteiger partial charge in [0, 0.05) is 40.1 Å². The third kappa shape index (κ3) is 5.13. The van der Waals surface area contributed by atoms with E-state index in [0.717, 1.165) is 17.8 Å². The monoisotopic (exact) mass is 398 g/mol. The average Bonchev–Trinajstić information content (AvgIpc) is 2.55. The summed E-state index contributed by atoms with van der Waals surface area (Å²) in [6.07, 6.45) is 0. The minimum absolute atomic E-state index is 0.229. The molecule has 2 rings (SSSR count). The number of carbonyl (C=O) groups is 1. The van der Waals surface area contributed by atoms with E-state index >= 15 is 0 Å². The van der Waals surface area contributed by atoms with Crippen molar-refractivity contribution in [2.75, 3.05) is 5.32 Å². The lowest BCUT2D eigenvalue weighted by Crippen LogP contribution is -2.05. The fourth-order valence-electron chi connectivity index (χ4n) is 2.06. The van der Waals surface area contributed by atoms with Gasteiger partial charge < -0.3 is 20.2 Å². The number of nitrogens with one attached hydrogen (secondary N) is 1. The summed E-state index contributed by atoms with van der Waals surface area (Å²) >= 11 is 1.07. The highest BCUT2D eigenvalue weighted by molar-refractivity contribution is 7.99. The van der Waals surface area contributed by atoms with Gasteiger partial charge in [0.15, 0.2) is 5.85 Å². The Morgan fingerprint density at radius 3 is 2.35 bits per heavy atom. The van der Waals surface area contributed by atoms with Crippen LogP contribution >= 0.6 is 19.4 Å². The predicted octanol–water partition coefficient (Wildman–Crippen LogP) is 2.87. The fraction of sp³-hybridized carbons (Fsp3) is 0.133. The number of hydrogen-bond acceptors (Lipinski definition) is 6. The number of aliphatic hydroxyl groups is 1. The Kier molecular flexibility index (Phi) is 6.17. The second kappa shape index (κ2) is 7.98. The molecule has 1 unspecified atom stereocenters. The van der Waals surface area contributed by atoms with Gasteiger partial charge in [0.25, 0.3) is 5.69 Å². The lowest BCUT2D eigenvalue weighted by molar-refractivity contribution is -0.385. The van der Waals surface area contributed by atoms with E-state index in [4.69, 9.17) is 0 Å². The smallest absolute Gasteiger partial charge is 0.358 e. The zero-order chi connectivity index (χ0) is 19.5. The number of nitro benzene ring substituents is 1. The molecule has 11 heteroatoms. The number of rotatable bonds is 6. The Labute approximate surface area is 152 Å². The Morgan fingerprint density at radius 1 is 1.23 bits per heavy atom. The molecule has 138 valence electrons. The quantitative estimate of drug-likeness (QED) is 0.329. The van der Waals surface area contributed by atoms with Gasteiger partial charge in [-0.25, -0.2) is 0 Å². The number of hydrogen-bond donors (Lipinski definition) is 4. The van der Waals surface area contributed by atoms with E-state index < -0.39 is 24.1 Å². The molecule has 0 aliphatic rings. The standard InChI is InChI=1S/C15H15N2O7PS/c1-9(18)16-10-2-5-12(6-3-10)26-14-7-4-11(17(20)21)8-13(14)15(19)25(22,23)24/h2-8,15,19H,1H3,(H,16,18)(H2,22,23,24). The number of benzene rings is 2. The van der Waals surface area contributed by atoms with Gasteiger partial charge in [0.05, 0.1) is 4.92 Å². The molecule has 0 spiro atoms. The van der Waals surface area contributed by atoms with Crippen LogP contribution in [0.15, 0.2) is 52.3 Å². The summed E-state index contributed by atoms with van der Waals surface area (Å²) in [5.74, 6) is -2.41. The normalized spacial score (nSPS) is 12.5. The zero-order valence-electron chi connectivity index (χ0n) is 13.4. The first-order valence-corrected chi connectivity index (χ1v) is 9.65. The van der Waals surface area contributed by atoms with Gasteiger partial charge in [-0.15, -0.1) is 0 Å². The van der Waals surface area contributed by atoms with Gasteiger partial charge >= 0.3 is 7.60 Å². The first-order chi connectivity index (χ1) is 12.1. The van der Waals surface area contributed by atoms with Crippen LogP contribution in [-0.2, 0) is 9.36 Å². The first kappa shape index (κ1) is 20.1. The number of amides is 1. The van der Waals surface area contributed by atoms with Crippen molar-refractivity contribution >= 4 is 36.6 Å². The third-order valence-electron chi connectivity index (χ3n) is 3.20. The van der Waals surface area contributed by atoms with Crippen molar-refractivity contribution in [3.63, 3.8) is 0 Å². The molecule has 2 aromatic rings. The molecule has 1 atom stereocenters. The van der Waals surface area contributed by atoms with Gasteiger partial charge in [-0.05, 0) is 30.3 Å². The van der Waals surface area contributed by atoms with E-state index in [1.165, 1.54) is 19.1 Å². The van der Waals surface area contributed by atoms with Gasteiger partial charge in [0.2, 0.25) is 5.91 Å².